The van der Waals surface area contributed by atoms with Crippen molar-refractivity contribution in [1.29, 1.82) is 0 Å². The van der Waals surface area contributed by atoms with Crippen molar-refractivity contribution in [3.63, 3.8) is 0 Å². The van der Waals surface area contributed by atoms with Crippen LogP contribution in [0.15, 0.2) is 53.3 Å². The Morgan fingerprint density at radius 2 is 1.96 bits per heavy atom. The molecule has 0 spiro atoms. The van der Waals surface area contributed by atoms with Gasteiger partial charge in [0.05, 0.1) is 10.9 Å². The molecule has 0 radical (unpaired) electrons. The molecule has 3 rings (SSSR count). The zero-order valence-corrected chi connectivity index (χ0v) is 15.0. The minimum atomic E-state index is -0.324. The molecule has 1 aromatic carbocycles. The molecule has 2 heterocycles. The summed E-state index contributed by atoms with van der Waals surface area (Å²) in [7, 11) is 0. The van der Waals surface area contributed by atoms with Gasteiger partial charge in [-0.05, 0) is 25.1 Å². The number of nitrogens with zero attached hydrogens (tertiary/aromatic N) is 3. The molecule has 2 aromatic heterocycles. The van der Waals surface area contributed by atoms with Crippen LogP contribution in [0.4, 0.5) is 5.13 Å². The summed E-state index contributed by atoms with van der Waals surface area (Å²) in [5.74, 6) is -0.135. The van der Waals surface area contributed by atoms with Crippen LogP contribution < -0.4 is 5.32 Å². The number of thiazole rings is 1. The van der Waals surface area contributed by atoms with E-state index in [4.69, 9.17) is 11.6 Å². The van der Waals surface area contributed by atoms with E-state index in [1.54, 1.807) is 18.5 Å². The maximum atomic E-state index is 12.3. The second-order valence-electron chi connectivity index (χ2n) is 4.83. The molecule has 1 N–H and O–H groups in total. The molecule has 122 valence electrons. The third-order valence-electron chi connectivity index (χ3n) is 3.07. The molecule has 0 saturated heterocycles. The highest BCUT2D eigenvalue weighted by Crippen LogP contribution is 2.27. The molecule has 0 aliphatic heterocycles. The van der Waals surface area contributed by atoms with Crippen molar-refractivity contribution >= 4 is 45.7 Å². The first kappa shape index (κ1) is 16.9. The van der Waals surface area contributed by atoms with Crippen molar-refractivity contribution in [1.82, 2.24) is 15.0 Å². The highest BCUT2D eigenvalue weighted by atomic mass is 35.5. The molecule has 0 aliphatic carbocycles. The normalized spacial score (nSPS) is 11.9. The van der Waals surface area contributed by atoms with Crippen LogP contribution >= 0.6 is 34.7 Å². The standard InChI is InChI=1S/C16H13ClN4OS2/c1-10(24-15-18-7-2-8-19-15)14(22)21-16-20-13(9-23-16)11-3-5-12(17)6-4-11/h2-10H,1H3,(H,20,21,22). The van der Waals surface area contributed by atoms with Gasteiger partial charge in [0.15, 0.2) is 10.3 Å². The van der Waals surface area contributed by atoms with Gasteiger partial charge in [-0.2, -0.15) is 0 Å². The van der Waals surface area contributed by atoms with Gasteiger partial charge in [0.1, 0.15) is 0 Å². The summed E-state index contributed by atoms with van der Waals surface area (Å²) in [5, 5.41) is 6.21. The Labute approximate surface area is 152 Å². The molecule has 1 amide bonds. The van der Waals surface area contributed by atoms with Gasteiger partial charge in [-0.1, -0.05) is 35.5 Å². The fraction of sp³-hybridized carbons (Fsp3) is 0.125. The van der Waals surface area contributed by atoms with Crippen LogP contribution in [-0.4, -0.2) is 26.1 Å². The highest BCUT2D eigenvalue weighted by Gasteiger charge is 2.17. The lowest BCUT2D eigenvalue weighted by Crippen LogP contribution is -2.22. The number of anilines is 1. The molecule has 3 aromatic rings. The number of rotatable bonds is 5. The largest absolute Gasteiger partial charge is 0.301 e. The first-order chi connectivity index (χ1) is 11.6. The maximum absolute atomic E-state index is 12.3. The summed E-state index contributed by atoms with van der Waals surface area (Å²) in [6, 6.07) is 9.16. The number of aromatic nitrogens is 3. The summed E-state index contributed by atoms with van der Waals surface area (Å²) in [5.41, 5.74) is 1.76. The van der Waals surface area contributed by atoms with Gasteiger partial charge in [-0.15, -0.1) is 11.3 Å². The van der Waals surface area contributed by atoms with Crippen LogP contribution in [0.5, 0.6) is 0 Å². The summed E-state index contributed by atoms with van der Waals surface area (Å²) in [6.45, 7) is 1.81. The molecule has 0 bridgehead atoms. The molecule has 0 aliphatic rings. The predicted molar refractivity (Wildman–Crippen MR) is 98.5 cm³/mol. The Balaban J connectivity index is 1.63. The Morgan fingerprint density at radius 1 is 1.25 bits per heavy atom. The third-order valence-corrected chi connectivity index (χ3v) is 5.07. The summed E-state index contributed by atoms with van der Waals surface area (Å²) in [6.07, 6.45) is 3.30. The smallest absolute Gasteiger partial charge is 0.239 e. The molecular weight excluding hydrogens is 364 g/mol. The van der Waals surface area contributed by atoms with Gasteiger partial charge in [-0.3, -0.25) is 4.79 Å². The average molecular weight is 377 g/mol. The first-order valence-electron chi connectivity index (χ1n) is 7.08. The Kier molecular flexibility index (Phi) is 5.44. The monoisotopic (exact) mass is 376 g/mol. The van der Waals surface area contributed by atoms with Crippen LogP contribution in [0.2, 0.25) is 5.02 Å². The van der Waals surface area contributed by atoms with Crippen LogP contribution in [0.3, 0.4) is 0 Å². The van der Waals surface area contributed by atoms with Gasteiger partial charge in [0.2, 0.25) is 5.91 Å². The lowest BCUT2D eigenvalue weighted by molar-refractivity contribution is -0.115. The first-order valence-corrected chi connectivity index (χ1v) is 9.21. The van der Waals surface area contributed by atoms with Crippen LogP contribution in [0.25, 0.3) is 11.3 Å². The number of carbonyl (C=O) groups excluding carboxylic acids is 1. The van der Waals surface area contributed by atoms with E-state index in [9.17, 15) is 4.79 Å². The van der Waals surface area contributed by atoms with Crippen molar-refractivity contribution in [3.8, 4) is 11.3 Å². The molecular formula is C16H13ClN4OS2. The van der Waals surface area contributed by atoms with E-state index in [0.29, 0.717) is 15.3 Å². The van der Waals surface area contributed by atoms with E-state index in [-0.39, 0.29) is 11.2 Å². The molecule has 1 atom stereocenters. The van der Waals surface area contributed by atoms with Crippen molar-refractivity contribution in [2.24, 2.45) is 0 Å². The van der Waals surface area contributed by atoms with Crippen molar-refractivity contribution in [2.75, 3.05) is 5.32 Å². The Bertz CT molecular complexity index is 824. The molecule has 8 heteroatoms. The van der Waals surface area contributed by atoms with E-state index >= 15 is 0 Å². The van der Waals surface area contributed by atoms with E-state index in [2.05, 4.69) is 20.3 Å². The fourth-order valence-electron chi connectivity index (χ4n) is 1.85. The number of halogens is 1. The lowest BCUT2D eigenvalue weighted by Gasteiger charge is -2.08. The SMILES string of the molecule is CC(Sc1ncccn1)C(=O)Nc1nc(-c2ccc(Cl)cc2)cs1. The van der Waals surface area contributed by atoms with Gasteiger partial charge in [-0.25, -0.2) is 15.0 Å². The third kappa shape index (κ3) is 4.31. The van der Waals surface area contributed by atoms with E-state index in [1.165, 1.54) is 23.1 Å². The number of hydrogen-bond donors (Lipinski definition) is 1. The number of thioether (sulfide) groups is 1. The minimum Gasteiger partial charge on any atom is -0.301 e. The van der Waals surface area contributed by atoms with Crippen LogP contribution in [0.1, 0.15) is 6.92 Å². The van der Waals surface area contributed by atoms with E-state index in [0.717, 1.165) is 11.3 Å². The topological polar surface area (TPSA) is 67.8 Å². The fourth-order valence-corrected chi connectivity index (χ4v) is 3.42. The number of nitrogens with one attached hydrogen (secondary N) is 1. The van der Waals surface area contributed by atoms with Crippen molar-refractivity contribution in [3.05, 3.63) is 53.1 Å². The number of hydrogen-bond acceptors (Lipinski definition) is 6. The van der Waals surface area contributed by atoms with E-state index in [1.807, 2.05) is 36.6 Å². The number of benzene rings is 1. The Hall–Kier alpha value is -1.96. The summed E-state index contributed by atoms with van der Waals surface area (Å²) >= 11 is 8.57. The van der Waals surface area contributed by atoms with Gasteiger partial charge >= 0.3 is 0 Å². The summed E-state index contributed by atoms with van der Waals surface area (Å²) < 4.78 is 0. The van der Waals surface area contributed by atoms with Crippen molar-refractivity contribution < 1.29 is 4.79 Å². The molecule has 24 heavy (non-hydrogen) atoms. The minimum absolute atomic E-state index is 0.135. The lowest BCUT2D eigenvalue weighted by atomic mass is 10.2. The predicted octanol–water partition coefficient (Wildman–Crippen LogP) is 4.37. The van der Waals surface area contributed by atoms with Gasteiger partial charge in [0.25, 0.3) is 0 Å². The Morgan fingerprint density at radius 3 is 2.67 bits per heavy atom. The zero-order chi connectivity index (χ0) is 16.9. The molecule has 0 fully saturated rings. The second kappa shape index (κ2) is 7.74. The summed E-state index contributed by atoms with van der Waals surface area (Å²) in [4.78, 5) is 24.9. The zero-order valence-electron chi connectivity index (χ0n) is 12.6. The second-order valence-corrected chi connectivity index (χ2v) is 7.43. The molecule has 0 saturated carbocycles. The van der Waals surface area contributed by atoms with Crippen LogP contribution in [-0.2, 0) is 4.79 Å². The number of carbonyl (C=O) groups is 1. The quantitative estimate of drug-likeness (QED) is 0.529. The van der Waals surface area contributed by atoms with Gasteiger partial charge < -0.3 is 5.32 Å². The van der Waals surface area contributed by atoms with Crippen LogP contribution in [0, 0.1) is 0 Å². The van der Waals surface area contributed by atoms with E-state index < -0.39 is 0 Å². The number of amides is 1. The maximum Gasteiger partial charge on any atom is 0.239 e. The van der Waals surface area contributed by atoms with Gasteiger partial charge in [0, 0.05) is 28.4 Å². The molecule has 1 unspecified atom stereocenters. The van der Waals surface area contributed by atoms with Crippen molar-refractivity contribution in [2.45, 2.75) is 17.3 Å². The highest BCUT2D eigenvalue weighted by molar-refractivity contribution is 8.00. The molecule has 5 nitrogen and oxygen atoms in total. The average Bonchev–Trinajstić information content (AvgIpc) is 3.05.